The van der Waals surface area contributed by atoms with Crippen LogP contribution in [0.1, 0.15) is 34.0 Å². The number of ether oxygens (including phenoxy) is 5. The molecule has 0 radical (unpaired) electrons. The Morgan fingerprint density at radius 3 is 2.40 bits per heavy atom. The van der Waals surface area contributed by atoms with E-state index in [0.29, 0.717) is 46.7 Å². The average Bonchev–Trinajstić information content (AvgIpc) is 3.01. The second-order valence-electron chi connectivity index (χ2n) is 11.2. The molecule has 0 N–H and O–H groups in total. The summed E-state index contributed by atoms with van der Waals surface area (Å²) in [5.41, 5.74) is 5.68. The van der Waals surface area contributed by atoms with Crippen LogP contribution >= 0.6 is 0 Å². The maximum Gasteiger partial charge on any atom is 0.212 e. The van der Waals surface area contributed by atoms with Gasteiger partial charge in [0.05, 0.1) is 25.3 Å². The van der Waals surface area contributed by atoms with Crippen molar-refractivity contribution in [2.24, 2.45) is 0 Å². The molecule has 0 amide bonds. The third-order valence-corrected chi connectivity index (χ3v) is 8.66. The zero-order chi connectivity index (χ0) is 28.4. The van der Waals surface area contributed by atoms with Crippen LogP contribution in [0.2, 0.25) is 0 Å². The summed E-state index contributed by atoms with van der Waals surface area (Å²) < 4.78 is 31.2. The van der Waals surface area contributed by atoms with Crippen molar-refractivity contribution in [1.82, 2.24) is 9.88 Å². The van der Waals surface area contributed by atoms with Gasteiger partial charge in [-0.3, -0.25) is 9.88 Å². The monoisotopic (exact) mass is 558 g/mol. The molecule has 0 fully saturated rings. The molecule has 0 aliphatic carbocycles. The first-order valence-electron chi connectivity index (χ1n) is 14.2. The lowest BCUT2D eigenvalue weighted by Crippen LogP contribution is -2.33. The predicted octanol–water partition coefficient (Wildman–Crippen LogP) is 7.62. The average molecular weight is 559 g/mol. The minimum Gasteiger partial charge on any atom is -0.493 e. The number of pyridine rings is 1. The molecular weight excluding hydrogens is 528 g/mol. The van der Waals surface area contributed by atoms with Crippen molar-refractivity contribution in [3.63, 3.8) is 0 Å². The molecule has 4 aliphatic rings. The molecule has 1 aromatic heterocycles. The van der Waals surface area contributed by atoms with Crippen LogP contribution in [0.3, 0.4) is 0 Å². The fraction of sp³-hybridized carbons (Fsp3) is 0.229. The molecule has 5 aromatic rings. The van der Waals surface area contributed by atoms with E-state index < -0.39 is 0 Å². The number of rotatable bonds is 2. The van der Waals surface area contributed by atoms with Gasteiger partial charge in [0.1, 0.15) is 5.75 Å². The summed E-state index contributed by atoms with van der Waals surface area (Å²) in [5, 5.41) is 1.91. The molecule has 7 heteroatoms. The normalized spacial score (nSPS) is 16.8. The van der Waals surface area contributed by atoms with Crippen LogP contribution in [0.4, 0.5) is 0 Å². The number of benzene rings is 4. The SMILES string of the molecule is COc1ccc2cc1Oc1ccc(cc1)Cc1nccc3cc(OC)c4c(c13)Oc1cc3c(cc1O4)CCN(C)C3C2. The summed E-state index contributed by atoms with van der Waals surface area (Å²) in [6, 6.07) is 22.8. The Hall–Kier alpha value is -4.75. The topological polar surface area (TPSA) is 62.3 Å². The van der Waals surface area contributed by atoms with Crippen molar-refractivity contribution >= 4 is 10.8 Å². The number of aromatic nitrogens is 1. The van der Waals surface area contributed by atoms with Crippen LogP contribution < -0.4 is 23.7 Å². The van der Waals surface area contributed by atoms with Gasteiger partial charge in [0.15, 0.2) is 34.5 Å². The van der Waals surface area contributed by atoms with Gasteiger partial charge in [0.25, 0.3) is 0 Å². The molecule has 1 unspecified atom stereocenters. The van der Waals surface area contributed by atoms with E-state index in [-0.39, 0.29) is 6.04 Å². The Kier molecular flexibility index (Phi) is 5.76. The van der Waals surface area contributed by atoms with Crippen LogP contribution in [-0.2, 0) is 19.3 Å². The zero-order valence-electron chi connectivity index (χ0n) is 23.8. The van der Waals surface area contributed by atoms with Crippen molar-refractivity contribution in [2.45, 2.75) is 25.3 Å². The summed E-state index contributed by atoms with van der Waals surface area (Å²) in [6.45, 7) is 0.947. The second-order valence-corrected chi connectivity index (χ2v) is 11.2. The highest BCUT2D eigenvalue weighted by atomic mass is 16.6. The molecule has 7 nitrogen and oxygen atoms in total. The van der Waals surface area contributed by atoms with E-state index in [1.54, 1.807) is 14.2 Å². The highest BCUT2D eigenvalue weighted by Crippen LogP contribution is 2.55. The zero-order valence-corrected chi connectivity index (χ0v) is 23.8. The first kappa shape index (κ1) is 25.0. The van der Waals surface area contributed by atoms with E-state index in [1.165, 1.54) is 16.7 Å². The first-order valence-corrected chi connectivity index (χ1v) is 14.2. The van der Waals surface area contributed by atoms with E-state index in [2.05, 4.69) is 48.3 Å². The second kappa shape index (κ2) is 9.67. The number of methoxy groups -OCH3 is 2. The predicted molar refractivity (Wildman–Crippen MR) is 160 cm³/mol. The lowest BCUT2D eigenvalue weighted by atomic mass is 9.88. The Morgan fingerprint density at radius 2 is 1.57 bits per heavy atom. The summed E-state index contributed by atoms with van der Waals surface area (Å²) in [4.78, 5) is 7.22. The van der Waals surface area contributed by atoms with Crippen LogP contribution in [0.5, 0.6) is 46.0 Å². The van der Waals surface area contributed by atoms with Crippen LogP contribution in [-0.4, -0.2) is 37.7 Å². The molecule has 5 heterocycles. The number of nitrogens with zero attached hydrogens (tertiary/aromatic N) is 2. The van der Waals surface area contributed by atoms with Gasteiger partial charge in [0, 0.05) is 25.2 Å². The highest BCUT2D eigenvalue weighted by molar-refractivity contribution is 5.96. The Balaban J connectivity index is 1.36. The van der Waals surface area contributed by atoms with Gasteiger partial charge in [-0.1, -0.05) is 18.2 Å². The van der Waals surface area contributed by atoms with Gasteiger partial charge in [-0.25, -0.2) is 0 Å². The Labute approximate surface area is 244 Å². The maximum atomic E-state index is 6.77. The summed E-state index contributed by atoms with van der Waals surface area (Å²) in [5.74, 6) is 5.42. The Morgan fingerprint density at radius 1 is 0.786 bits per heavy atom. The van der Waals surface area contributed by atoms with Crippen LogP contribution in [0, 0.1) is 0 Å². The molecule has 4 aliphatic heterocycles. The molecule has 0 spiro atoms. The molecule has 42 heavy (non-hydrogen) atoms. The van der Waals surface area contributed by atoms with E-state index in [4.69, 9.17) is 28.7 Å². The lowest BCUT2D eigenvalue weighted by molar-refractivity contribution is 0.227. The van der Waals surface area contributed by atoms with Gasteiger partial charge in [-0.15, -0.1) is 0 Å². The van der Waals surface area contributed by atoms with Gasteiger partial charge in [-0.05, 0) is 96.1 Å². The summed E-state index contributed by atoms with van der Waals surface area (Å²) in [6.07, 6.45) is 4.19. The number of likely N-dealkylation sites (N-methyl/N-ethyl adjacent to an activating group) is 1. The van der Waals surface area contributed by atoms with Crippen molar-refractivity contribution < 1.29 is 23.7 Å². The van der Waals surface area contributed by atoms with Crippen molar-refractivity contribution in [1.29, 1.82) is 0 Å². The molecule has 7 bridgehead atoms. The third-order valence-electron chi connectivity index (χ3n) is 8.66. The Bertz CT molecular complexity index is 1870. The number of hydrogen-bond donors (Lipinski definition) is 0. The van der Waals surface area contributed by atoms with E-state index in [1.807, 2.05) is 36.5 Å². The number of hydrogen-bond acceptors (Lipinski definition) is 7. The number of fused-ring (bicyclic) bond motifs is 2. The minimum absolute atomic E-state index is 0.155. The van der Waals surface area contributed by atoms with Crippen LogP contribution in [0.15, 0.2) is 72.9 Å². The van der Waals surface area contributed by atoms with Crippen molar-refractivity contribution in [3.8, 4) is 46.0 Å². The van der Waals surface area contributed by atoms with Gasteiger partial charge < -0.3 is 23.7 Å². The van der Waals surface area contributed by atoms with Crippen molar-refractivity contribution in [2.75, 3.05) is 27.8 Å². The maximum absolute atomic E-state index is 6.77. The smallest absolute Gasteiger partial charge is 0.212 e. The largest absolute Gasteiger partial charge is 0.493 e. The van der Waals surface area contributed by atoms with Crippen LogP contribution in [0.25, 0.3) is 10.8 Å². The fourth-order valence-electron chi connectivity index (χ4n) is 6.44. The van der Waals surface area contributed by atoms with Gasteiger partial charge in [-0.2, -0.15) is 0 Å². The van der Waals surface area contributed by atoms with Gasteiger partial charge >= 0.3 is 0 Å². The van der Waals surface area contributed by atoms with E-state index in [9.17, 15) is 0 Å². The third kappa shape index (κ3) is 4.03. The lowest BCUT2D eigenvalue weighted by Gasteiger charge is -2.36. The molecule has 210 valence electrons. The molecule has 4 aromatic carbocycles. The highest BCUT2D eigenvalue weighted by Gasteiger charge is 2.32. The van der Waals surface area contributed by atoms with Gasteiger partial charge in [0.2, 0.25) is 5.75 Å². The van der Waals surface area contributed by atoms with Crippen molar-refractivity contribution in [3.05, 3.63) is 101 Å². The molecule has 9 rings (SSSR count). The fourth-order valence-corrected chi connectivity index (χ4v) is 6.44. The molecule has 0 saturated carbocycles. The molecule has 1 atom stereocenters. The quantitative estimate of drug-likeness (QED) is 0.217. The molecule has 0 saturated heterocycles. The standard InChI is InChI=1S/C35H30N2O5/c1-37-13-11-22-17-30-31-19-25(22)27(37)15-21-6-9-28(38-2)29(16-21)40-24-7-4-20(5-8-24)14-26-33-23(10-12-36-26)18-32(39-3)34(41-30)35(33)42-31/h4-10,12,16-19,27H,11,13-15H2,1-3H3. The summed E-state index contributed by atoms with van der Waals surface area (Å²) in [7, 11) is 5.52. The first-order chi connectivity index (χ1) is 20.6. The summed E-state index contributed by atoms with van der Waals surface area (Å²) >= 11 is 0. The molecular formula is C35H30N2O5. The van der Waals surface area contributed by atoms with E-state index in [0.717, 1.165) is 47.2 Å². The van der Waals surface area contributed by atoms with E-state index >= 15 is 0 Å². The minimum atomic E-state index is 0.155.